The number of piperazine rings is 1. The third-order valence-corrected chi connectivity index (χ3v) is 5.79. The van der Waals surface area contributed by atoms with E-state index in [0.29, 0.717) is 42.6 Å². The number of nitrogens with one attached hydrogen (secondary N) is 1. The van der Waals surface area contributed by atoms with Crippen LogP contribution in [0.3, 0.4) is 0 Å². The lowest BCUT2D eigenvalue weighted by molar-refractivity contribution is -0.385. The van der Waals surface area contributed by atoms with Gasteiger partial charge in [0.25, 0.3) is 11.8 Å². The van der Waals surface area contributed by atoms with E-state index in [1.165, 1.54) is 25.5 Å². The summed E-state index contributed by atoms with van der Waals surface area (Å²) in [4.78, 5) is 39.4. The molecule has 2 aromatic carbocycles. The normalized spacial score (nSPS) is 13.5. The van der Waals surface area contributed by atoms with E-state index in [4.69, 9.17) is 20.8 Å². The standard InChI is InChI=1S/C23H21ClN4O6/c1-33-20-7-4-15(13-19(20)28(31)32)22(29)25-16-5-6-18(17(24)14-16)26-8-10-27(11-9-26)23(30)21-3-2-12-34-21/h2-7,12-14H,8-11H2,1H3,(H,25,29). The third-order valence-electron chi connectivity index (χ3n) is 5.48. The van der Waals surface area contributed by atoms with Crippen LogP contribution in [0.1, 0.15) is 20.9 Å². The van der Waals surface area contributed by atoms with Crippen LogP contribution in [0.5, 0.6) is 5.75 Å². The number of halogens is 1. The van der Waals surface area contributed by atoms with Crippen molar-refractivity contribution in [1.29, 1.82) is 0 Å². The van der Waals surface area contributed by atoms with Gasteiger partial charge in [0.05, 0.1) is 29.0 Å². The van der Waals surface area contributed by atoms with Gasteiger partial charge in [-0.05, 0) is 42.5 Å². The Labute approximate surface area is 199 Å². The van der Waals surface area contributed by atoms with Crippen LogP contribution >= 0.6 is 11.6 Å². The highest BCUT2D eigenvalue weighted by Gasteiger charge is 2.25. The van der Waals surface area contributed by atoms with E-state index in [2.05, 4.69) is 10.2 Å². The first-order valence-corrected chi connectivity index (χ1v) is 10.8. The molecule has 0 atom stereocenters. The van der Waals surface area contributed by atoms with Gasteiger partial charge in [-0.3, -0.25) is 19.7 Å². The Hall–Kier alpha value is -4.05. The summed E-state index contributed by atoms with van der Waals surface area (Å²) in [5.41, 5.74) is 1.05. The van der Waals surface area contributed by atoms with Crippen molar-refractivity contribution in [2.45, 2.75) is 0 Å². The molecule has 2 amide bonds. The molecular formula is C23H21ClN4O6. The average molecular weight is 485 g/mol. The van der Waals surface area contributed by atoms with Crippen LogP contribution in [-0.2, 0) is 0 Å². The lowest BCUT2D eigenvalue weighted by atomic mass is 10.1. The molecule has 1 saturated heterocycles. The number of ether oxygens (including phenoxy) is 1. The first-order valence-electron chi connectivity index (χ1n) is 10.4. The van der Waals surface area contributed by atoms with Crippen molar-refractivity contribution < 1.29 is 23.7 Å². The Balaban J connectivity index is 1.41. The van der Waals surface area contributed by atoms with Crippen LogP contribution in [0.15, 0.2) is 59.2 Å². The molecule has 0 radical (unpaired) electrons. The van der Waals surface area contributed by atoms with Crippen LogP contribution < -0.4 is 15.0 Å². The van der Waals surface area contributed by atoms with Gasteiger partial charge in [-0.1, -0.05) is 11.6 Å². The van der Waals surface area contributed by atoms with Crippen molar-refractivity contribution in [2.75, 3.05) is 43.5 Å². The van der Waals surface area contributed by atoms with Crippen LogP contribution in [0.4, 0.5) is 17.1 Å². The van der Waals surface area contributed by atoms with Crippen LogP contribution in [0, 0.1) is 10.1 Å². The second-order valence-electron chi connectivity index (χ2n) is 7.52. The number of hydrogen-bond donors (Lipinski definition) is 1. The highest BCUT2D eigenvalue weighted by Crippen LogP contribution is 2.31. The molecule has 1 aliphatic heterocycles. The summed E-state index contributed by atoms with van der Waals surface area (Å²) in [5.74, 6) is -0.277. The molecule has 176 valence electrons. The number of carbonyl (C=O) groups is 2. The Kier molecular flexibility index (Phi) is 6.69. The minimum Gasteiger partial charge on any atom is -0.490 e. The smallest absolute Gasteiger partial charge is 0.311 e. The monoisotopic (exact) mass is 484 g/mol. The summed E-state index contributed by atoms with van der Waals surface area (Å²) in [7, 11) is 1.32. The van der Waals surface area contributed by atoms with E-state index in [9.17, 15) is 19.7 Å². The van der Waals surface area contributed by atoms with E-state index in [-0.39, 0.29) is 22.9 Å². The average Bonchev–Trinajstić information content (AvgIpc) is 3.38. The summed E-state index contributed by atoms with van der Waals surface area (Å²) in [6.07, 6.45) is 1.47. The number of nitro groups is 1. The minimum atomic E-state index is -0.608. The predicted octanol–water partition coefficient (Wildman–Crippen LogP) is 4.06. The molecule has 34 heavy (non-hydrogen) atoms. The molecule has 4 rings (SSSR count). The molecule has 0 saturated carbocycles. The molecule has 1 aliphatic rings. The van der Waals surface area contributed by atoms with Crippen molar-refractivity contribution in [2.24, 2.45) is 0 Å². The summed E-state index contributed by atoms with van der Waals surface area (Å²) in [6, 6.07) is 12.4. The quantitative estimate of drug-likeness (QED) is 0.414. The van der Waals surface area contributed by atoms with E-state index < -0.39 is 10.8 Å². The summed E-state index contributed by atoms with van der Waals surface area (Å²) in [6.45, 7) is 2.22. The SMILES string of the molecule is COc1ccc(C(=O)Nc2ccc(N3CCN(C(=O)c4ccco4)CC3)c(Cl)c2)cc1[N+](=O)[O-]. The van der Waals surface area contributed by atoms with Crippen molar-refractivity contribution in [1.82, 2.24) is 4.90 Å². The first-order chi connectivity index (χ1) is 16.4. The van der Waals surface area contributed by atoms with Gasteiger partial charge in [-0.2, -0.15) is 0 Å². The number of nitro benzene ring substituents is 1. The fourth-order valence-electron chi connectivity index (χ4n) is 3.72. The molecule has 2 heterocycles. The Morgan fingerprint density at radius 2 is 1.88 bits per heavy atom. The first kappa shape index (κ1) is 23.1. The van der Waals surface area contributed by atoms with Crippen LogP contribution in [0.25, 0.3) is 0 Å². The molecule has 10 nitrogen and oxygen atoms in total. The second kappa shape index (κ2) is 9.84. The molecule has 0 unspecified atom stereocenters. The zero-order valence-electron chi connectivity index (χ0n) is 18.2. The largest absolute Gasteiger partial charge is 0.490 e. The molecule has 0 spiro atoms. The van der Waals surface area contributed by atoms with Gasteiger partial charge in [-0.15, -0.1) is 0 Å². The fraction of sp³-hybridized carbons (Fsp3) is 0.217. The Morgan fingerprint density at radius 1 is 1.12 bits per heavy atom. The summed E-state index contributed by atoms with van der Waals surface area (Å²) >= 11 is 6.48. The van der Waals surface area contributed by atoms with Gasteiger partial charge < -0.3 is 24.3 Å². The van der Waals surface area contributed by atoms with E-state index in [1.807, 2.05) is 0 Å². The van der Waals surface area contributed by atoms with E-state index in [0.717, 1.165) is 11.8 Å². The maximum absolute atomic E-state index is 12.6. The number of nitrogens with zero attached hydrogens (tertiary/aromatic N) is 3. The minimum absolute atomic E-state index is 0.0694. The van der Waals surface area contributed by atoms with E-state index in [1.54, 1.807) is 35.2 Å². The molecule has 1 N–H and O–H groups in total. The molecule has 3 aromatic rings. The van der Waals surface area contributed by atoms with Gasteiger partial charge in [0.1, 0.15) is 0 Å². The lowest BCUT2D eigenvalue weighted by Gasteiger charge is -2.36. The zero-order valence-corrected chi connectivity index (χ0v) is 18.9. The number of benzene rings is 2. The van der Waals surface area contributed by atoms with Gasteiger partial charge >= 0.3 is 5.69 Å². The summed E-state index contributed by atoms with van der Waals surface area (Å²) in [5, 5.41) is 14.3. The fourth-order valence-corrected chi connectivity index (χ4v) is 4.02. The molecule has 0 bridgehead atoms. The highest BCUT2D eigenvalue weighted by atomic mass is 35.5. The van der Waals surface area contributed by atoms with E-state index >= 15 is 0 Å². The maximum atomic E-state index is 12.6. The van der Waals surface area contributed by atoms with Gasteiger partial charge in [0, 0.05) is 43.5 Å². The second-order valence-corrected chi connectivity index (χ2v) is 7.93. The van der Waals surface area contributed by atoms with Crippen LogP contribution in [0.2, 0.25) is 5.02 Å². The van der Waals surface area contributed by atoms with Crippen molar-refractivity contribution >= 4 is 40.5 Å². The van der Waals surface area contributed by atoms with Gasteiger partial charge in [0.15, 0.2) is 11.5 Å². The highest BCUT2D eigenvalue weighted by molar-refractivity contribution is 6.33. The third kappa shape index (κ3) is 4.81. The molecular weight excluding hydrogens is 464 g/mol. The number of hydrogen-bond acceptors (Lipinski definition) is 7. The Bertz CT molecular complexity index is 1220. The zero-order chi connectivity index (χ0) is 24.2. The topological polar surface area (TPSA) is 118 Å². The number of methoxy groups -OCH3 is 1. The van der Waals surface area contributed by atoms with Crippen LogP contribution in [-0.4, -0.2) is 54.9 Å². The van der Waals surface area contributed by atoms with Gasteiger partial charge in [-0.25, -0.2) is 0 Å². The number of carbonyl (C=O) groups excluding carboxylic acids is 2. The molecule has 1 aromatic heterocycles. The number of amides is 2. The number of rotatable bonds is 6. The lowest BCUT2D eigenvalue weighted by Crippen LogP contribution is -2.48. The predicted molar refractivity (Wildman–Crippen MR) is 126 cm³/mol. The molecule has 1 fully saturated rings. The molecule has 11 heteroatoms. The Morgan fingerprint density at radius 3 is 2.50 bits per heavy atom. The number of furan rings is 1. The van der Waals surface area contributed by atoms with Crippen molar-refractivity contribution in [3.63, 3.8) is 0 Å². The van der Waals surface area contributed by atoms with Gasteiger partial charge in [0.2, 0.25) is 0 Å². The van der Waals surface area contributed by atoms with Crippen molar-refractivity contribution in [3.05, 3.63) is 81.3 Å². The molecule has 0 aliphatic carbocycles. The summed E-state index contributed by atoms with van der Waals surface area (Å²) < 4.78 is 10.1. The maximum Gasteiger partial charge on any atom is 0.311 e. The van der Waals surface area contributed by atoms with Crippen molar-refractivity contribution in [3.8, 4) is 5.75 Å². The number of anilines is 2.